The number of halogens is 2. The zero-order valence-corrected chi connectivity index (χ0v) is 9.32. The Morgan fingerprint density at radius 2 is 1.00 bits per heavy atom. The van der Waals surface area contributed by atoms with Gasteiger partial charge in [-0.25, -0.2) is 8.78 Å². The summed E-state index contributed by atoms with van der Waals surface area (Å²) in [5, 5.41) is 7.32. The monoisotopic (exact) mass is 231 g/mol. The highest BCUT2D eigenvalue weighted by molar-refractivity contribution is 5.62. The Balaban J connectivity index is 0.000000437. The molecule has 0 aliphatic rings. The van der Waals surface area contributed by atoms with Crippen LogP contribution in [0.15, 0.2) is 48.5 Å². The van der Waals surface area contributed by atoms with Gasteiger partial charge in [0, 0.05) is 6.92 Å². The predicted molar refractivity (Wildman–Crippen MR) is 63.1 cm³/mol. The molecule has 0 radical (unpaired) electrons. The lowest BCUT2D eigenvalue weighted by molar-refractivity contribution is 0.627. The Bertz CT molecular complexity index is 452. The van der Waals surface area contributed by atoms with E-state index in [2.05, 4.69) is 0 Å². The van der Waals surface area contributed by atoms with Crippen LogP contribution >= 0.6 is 0 Å². The van der Waals surface area contributed by atoms with E-state index < -0.39 is 0 Å². The molecule has 0 N–H and O–H groups in total. The van der Waals surface area contributed by atoms with Gasteiger partial charge in [-0.05, 0) is 35.4 Å². The molecule has 2 rings (SSSR count). The highest BCUT2D eigenvalue weighted by Gasteiger charge is 1.97. The van der Waals surface area contributed by atoms with Gasteiger partial charge in [0.25, 0.3) is 0 Å². The van der Waals surface area contributed by atoms with Crippen molar-refractivity contribution in [2.75, 3.05) is 0 Å². The molecular formula is C14H11F2N. The second-order valence-electron chi connectivity index (χ2n) is 3.24. The minimum Gasteiger partial charge on any atom is -0.207 e. The van der Waals surface area contributed by atoms with Crippen molar-refractivity contribution in [2.45, 2.75) is 6.92 Å². The zero-order chi connectivity index (χ0) is 12.7. The molecule has 0 unspecified atom stereocenters. The van der Waals surface area contributed by atoms with Gasteiger partial charge in [0.1, 0.15) is 11.6 Å². The smallest absolute Gasteiger partial charge is 0.123 e. The van der Waals surface area contributed by atoms with Gasteiger partial charge in [-0.2, -0.15) is 5.26 Å². The van der Waals surface area contributed by atoms with Gasteiger partial charge in [-0.1, -0.05) is 24.3 Å². The Hall–Kier alpha value is -2.21. The van der Waals surface area contributed by atoms with Crippen LogP contribution in [0.1, 0.15) is 6.92 Å². The van der Waals surface area contributed by atoms with Crippen LogP contribution in [-0.4, -0.2) is 0 Å². The molecule has 17 heavy (non-hydrogen) atoms. The fourth-order valence-electron chi connectivity index (χ4n) is 1.28. The summed E-state index contributed by atoms with van der Waals surface area (Å²) >= 11 is 0. The second kappa shape index (κ2) is 6.39. The van der Waals surface area contributed by atoms with Crippen molar-refractivity contribution in [1.29, 1.82) is 5.26 Å². The SMILES string of the molecule is CC#N.Fc1ccc(-c2ccc(F)cc2)cc1. The van der Waals surface area contributed by atoms with E-state index >= 15 is 0 Å². The Morgan fingerprint density at radius 3 is 1.24 bits per heavy atom. The summed E-state index contributed by atoms with van der Waals surface area (Å²) in [6.45, 7) is 1.43. The summed E-state index contributed by atoms with van der Waals surface area (Å²) in [6, 6.07) is 14.0. The number of rotatable bonds is 1. The van der Waals surface area contributed by atoms with E-state index in [1.165, 1.54) is 31.2 Å². The summed E-state index contributed by atoms with van der Waals surface area (Å²) in [4.78, 5) is 0. The minimum absolute atomic E-state index is 0.268. The molecule has 0 aliphatic heterocycles. The van der Waals surface area contributed by atoms with Gasteiger partial charge >= 0.3 is 0 Å². The van der Waals surface area contributed by atoms with Crippen molar-refractivity contribution in [3.05, 3.63) is 60.2 Å². The first-order chi connectivity index (χ1) is 8.17. The number of hydrogen-bond acceptors (Lipinski definition) is 1. The van der Waals surface area contributed by atoms with Gasteiger partial charge in [0.15, 0.2) is 0 Å². The topological polar surface area (TPSA) is 23.8 Å². The fraction of sp³-hybridized carbons (Fsp3) is 0.0714. The van der Waals surface area contributed by atoms with Crippen LogP contribution in [0.5, 0.6) is 0 Å². The van der Waals surface area contributed by atoms with Crippen LogP contribution in [0.4, 0.5) is 8.78 Å². The van der Waals surface area contributed by atoms with Crippen molar-refractivity contribution in [3.63, 3.8) is 0 Å². The van der Waals surface area contributed by atoms with Crippen LogP contribution < -0.4 is 0 Å². The number of benzene rings is 2. The molecule has 0 spiro atoms. The third-order valence-corrected chi connectivity index (χ3v) is 2.02. The van der Waals surface area contributed by atoms with E-state index in [1.54, 1.807) is 30.3 Å². The van der Waals surface area contributed by atoms with Crippen LogP contribution in [0.2, 0.25) is 0 Å². The van der Waals surface area contributed by atoms with Crippen molar-refractivity contribution in [3.8, 4) is 17.2 Å². The Kier molecular flexibility index (Phi) is 4.83. The average Bonchev–Trinajstić information content (AvgIpc) is 2.32. The molecule has 0 atom stereocenters. The normalized spacial score (nSPS) is 8.82. The number of nitrogens with zero attached hydrogens (tertiary/aromatic N) is 1. The van der Waals surface area contributed by atoms with Gasteiger partial charge in [0.05, 0.1) is 6.07 Å². The molecule has 0 bridgehead atoms. The largest absolute Gasteiger partial charge is 0.207 e. The van der Waals surface area contributed by atoms with Gasteiger partial charge < -0.3 is 0 Å². The van der Waals surface area contributed by atoms with E-state index in [1.807, 2.05) is 0 Å². The van der Waals surface area contributed by atoms with Crippen LogP contribution in [-0.2, 0) is 0 Å². The van der Waals surface area contributed by atoms with E-state index in [9.17, 15) is 8.78 Å². The standard InChI is InChI=1S/C12H8F2.C2H3N/c13-11-5-1-9(2-6-11)10-3-7-12(14)8-4-10;1-2-3/h1-8H;1H3. The molecular weight excluding hydrogens is 220 g/mol. The molecule has 3 heteroatoms. The molecule has 0 saturated carbocycles. The Labute approximate surface area is 98.9 Å². The molecule has 0 saturated heterocycles. The van der Waals surface area contributed by atoms with Crippen molar-refractivity contribution in [2.24, 2.45) is 0 Å². The number of nitriles is 1. The molecule has 0 amide bonds. The minimum atomic E-state index is -0.268. The Morgan fingerprint density at radius 1 is 0.765 bits per heavy atom. The maximum Gasteiger partial charge on any atom is 0.123 e. The van der Waals surface area contributed by atoms with E-state index in [-0.39, 0.29) is 11.6 Å². The molecule has 2 aromatic carbocycles. The second-order valence-corrected chi connectivity index (χ2v) is 3.24. The maximum atomic E-state index is 12.6. The lowest BCUT2D eigenvalue weighted by atomic mass is 10.1. The molecule has 1 nitrogen and oxygen atoms in total. The van der Waals surface area contributed by atoms with Crippen LogP contribution in [0.3, 0.4) is 0 Å². The third kappa shape index (κ3) is 4.04. The summed E-state index contributed by atoms with van der Waals surface area (Å²) in [6.07, 6.45) is 0. The maximum absolute atomic E-state index is 12.6. The van der Waals surface area contributed by atoms with E-state index in [0.29, 0.717) is 0 Å². The van der Waals surface area contributed by atoms with Crippen molar-refractivity contribution >= 4 is 0 Å². The fourth-order valence-corrected chi connectivity index (χ4v) is 1.28. The highest BCUT2D eigenvalue weighted by atomic mass is 19.1. The lowest BCUT2D eigenvalue weighted by Gasteiger charge is -2.00. The highest BCUT2D eigenvalue weighted by Crippen LogP contribution is 2.19. The van der Waals surface area contributed by atoms with Gasteiger partial charge in [0.2, 0.25) is 0 Å². The van der Waals surface area contributed by atoms with Gasteiger partial charge in [-0.15, -0.1) is 0 Å². The van der Waals surface area contributed by atoms with Crippen molar-refractivity contribution < 1.29 is 8.78 Å². The van der Waals surface area contributed by atoms with E-state index in [0.717, 1.165) is 11.1 Å². The average molecular weight is 231 g/mol. The number of hydrogen-bond donors (Lipinski definition) is 0. The molecule has 86 valence electrons. The summed E-state index contributed by atoms with van der Waals surface area (Å²) in [5.74, 6) is -0.535. The first-order valence-electron chi connectivity index (χ1n) is 4.99. The van der Waals surface area contributed by atoms with Crippen molar-refractivity contribution in [1.82, 2.24) is 0 Å². The van der Waals surface area contributed by atoms with Crippen LogP contribution in [0.25, 0.3) is 11.1 Å². The van der Waals surface area contributed by atoms with Gasteiger partial charge in [-0.3, -0.25) is 0 Å². The van der Waals surface area contributed by atoms with E-state index in [4.69, 9.17) is 5.26 Å². The first kappa shape index (κ1) is 12.9. The molecule has 0 aromatic heterocycles. The molecule has 2 aromatic rings. The molecule has 0 heterocycles. The summed E-state index contributed by atoms with van der Waals surface area (Å²) in [5.41, 5.74) is 1.76. The molecule has 0 fully saturated rings. The molecule has 0 aliphatic carbocycles. The quantitative estimate of drug-likeness (QED) is 0.722. The summed E-state index contributed by atoms with van der Waals surface area (Å²) < 4.78 is 25.2. The first-order valence-corrected chi connectivity index (χ1v) is 4.99. The zero-order valence-electron chi connectivity index (χ0n) is 9.32. The lowest BCUT2D eigenvalue weighted by Crippen LogP contribution is -1.79. The summed E-state index contributed by atoms with van der Waals surface area (Å²) in [7, 11) is 0. The third-order valence-electron chi connectivity index (χ3n) is 2.02. The van der Waals surface area contributed by atoms with Crippen LogP contribution in [0, 0.1) is 23.0 Å². The predicted octanol–water partition coefficient (Wildman–Crippen LogP) is 4.16.